The number of esters is 1. The summed E-state index contributed by atoms with van der Waals surface area (Å²) in [6, 6.07) is 17.6. The van der Waals surface area contributed by atoms with Gasteiger partial charge in [0.15, 0.2) is 5.78 Å². The van der Waals surface area contributed by atoms with Crippen molar-refractivity contribution >= 4 is 23.5 Å². The van der Waals surface area contributed by atoms with E-state index in [0.717, 1.165) is 35.4 Å². The lowest BCUT2D eigenvalue weighted by Crippen LogP contribution is -2.38. The maximum atomic E-state index is 13.9. The van der Waals surface area contributed by atoms with Crippen LogP contribution in [0.2, 0.25) is 0 Å². The fourth-order valence-corrected chi connectivity index (χ4v) is 6.06. The second kappa shape index (κ2) is 9.93. The third-order valence-electron chi connectivity index (χ3n) is 8.01. The van der Waals surface area contributed by atoms with Crippen LogP contribution in [0.25, 0.3) is 11.8 Å². The van der Waals surface area contributed by atoms with Crippen molar-refractivity contribution in [2.24, 2.45) is 23.7 Å². The molecule has 2 aromatic carbocycles. The number of hydrogen-bond donors (Lipinski definition) is 1. The van der Waals surface area contributed by atoms with E-state index in [1.807, 2.05) is 73.7 Å². The van der Waals surface area contributed by atoms with Crippen LogP contribution in [0.3, 0.4) is 0 Å². The lowest BCUT2D eigenvalue weighted by Gasteiger charge is -2.37. The molecule has 0 bridgehead atoms. The van der Waals surface area contributed by atoms with Gasteiger partial charge in [0.2, 0.25) is 0 Å². The molecule has 0 unspecified atom stereocenters. The van der Waals surface area contributed by atoms with E-state index in [2.05, 4.69) is 26.1 Å². The van der Waals surface area contributed by atoms with Gasteiger partial charge in [-0.25, -0.2) is 4.79 Å². The largest absolute Gasteiger partial charge is 0.459 e. The molecule has 5 rings (SSSR count). The Bertz CT molecular complexity index is 1270. The molecule has 0 aromatic heterocycles. The molecule has 4 atom stereocenters. The number of ether oxygens (including phenoxy) is 1. The number of rotatable bonds is 5. The van der Waals surface area contributed by atoms with Crippen LogP contribution < -0.4 is 5.32 Å². The van der Waals surface area contributed by atoms with Crippen molar-refractivity contribution in [2.75, 3.05) is 0 Å². The molecule has 4 heteroatoms. The van der Waals surface area contributed by atoms with E-state index in [-0.39, 0.29) is 17.9 Å². The van der Waals surface area contributed by atoms with Crippen LogP contribution in [-0.4, -0.2) is 17.9 Å². The Kier molecular flexibility index (Phi) is 6.70. The zero-order valence-corrected chi connectivity index (χ0v) is 21.6. The van der Waals surface area contributed by atoms with Gasteiger partial charge < -0.3 is 10.1 Å². The number of ketones is 1. The highest BCUT2D eigenvalue weighted by atomic mass is 16.5. The number of allylic oxidation sites excluding steroid dienone is 3. The number of nitrogens with one attached hydrogen (secondary N) is 1. The van der Waals surface area contributed by atoms with E-state index in [1.165, 1.54) is 6.42 Å². The van der Waals surface area contributed by atoms with Crippen LogP contribution in [0.4, 0.5) is 0 Å². The fourth-order valence-electron chi connectivity index (χ4n) is 6.06. The molecule has 1 aliphatic heterocycles. The maximum absolute atomic E-state index is 13.9. The van der Waals surface area contributed by atoms with Crippen molar-refractivity contribution in [3.8, 4) is 0 Å². The second-order valence-electron chi connectivity index (χ2n) is 10.8. The van der Waals surface area contributed by atoms with Crippen molar-refractivity contribution in [2.45, 2.75) is 53.1 Å². The van der Waals surface area contributed by atoms with E-state index >= 15 is 0 Å². The summed E-state index contributed by atoms with van der Waals surface area (Å²) in [5, 5.41) is 3.41. The van der Waals surface area contributed by atoms with E-state index in [4.69, 9.17) is 4.74 Å². The predicted octanol–water partition coefficient (Wildman–Crippen LogP) is 6.80. The van der Waals surface area contributed by atoms with Crippen molar-refractivity contribution in [1.29, 1.82) is 0 Å². The molecule has 1 saturated carbocycles. The number of Topliss-reactive ketones (excluding diaryl/α,β-unsaturated/α-hetero) is 1. The minimum atomic E-state index is -0.479. The molecule has 1 fully saturated rings. The molecule has 1 heterocycles. The molecule has 186 valence electrons. The summed E-state index contributed by atoms with van der Waals surface area (Å²) < 4.78 is 6.28. The standard InChI is InChI=1S/C32H35NO3/c1-19(2)23-16-14-20(3)18-27(23)36-32(35)28-21(4)33-30-24-12-8-9-13-25(24)31(34)29(30)26(28)17-15-22-10-6-5-7-11-22/h5-13,15,17,19-20,23,26-27,33H,14,16,18H2,1-4H3/b17-15+/t20-,23-,26+,27-/m1/s1. The van der Waals surface area contributed by atoms with Gasteiger partial charge in [-0.2, -0.15) is 0 Å². The van der Waals surface area contributed by atoms with Crippen molar-refractivity contribution < 1.29 is 14.3 Å². The zero-order chi connectivity index (χ0) is 25.4. The summed E-state index contributed by atoms with van der Waals surface area (Å²) in [6.45, 7) is 8.58. The normalized spacial score (nSPS) is 25.8. The molecule has 4 nitrogen and oxygen atoms in total. The van der Waals surface area contributed by atoms with E-state index in [1.54, 1.807) is 0 Å². The Hall–Kier alpha value is -3.40. The quantitative estimate of drug-likeness (QED) is 0.477. The first-order chi connectivity index (χ1) is 17.3. The number of hydrogen-bond acceptors (Lipinski definition) is 4. The Balaban J connectivity index is 1.52. The molecular formula is C32H35NO3. The minimum Gasteiger partial charge on any atom is -0.459 e. The molecule has 0 saturated heterocycles. The van der Waals surface area contributed by atoms with E-state index in [9.17, 15) is 9.59 Å². The molecule has 36 heavy (non-hydrogen) atoms. The molecule has 1 N–H and O–H groups in total. The van der Waals surface area contributed by atoms with Crippen molar-refractivity contribution in [1.82, 2.24) is 5.32 Å². The molecule has 2 aliphatic carbocycles. The second-order valence-corrected chi connectivity index (χ2v) is 10.8. The van der Waals surface area contributed by atoms with Crippen LogP contribution >= 0.6 is 0 Å². The Morgan fingerprint density at radius 3 is 2.44 bits per heavy atom. The highest BCUT2D eigenvalue weighted by molar-refractivity contribution is 6.22. The van der Waals surface area contributed by atoms with Crippen molar-refractivity contribution in [3.05, 3.63) is 94.2 Å². The van der Waals surface area contributed by atoms with Gasteiger partial charge in [-0.3, -0.25) is 4.79 Å². The molecule has 0 spiro atoms. The van der Waals surface area contributed by atoms with Gasteiger partial charge in [0.05, 0.1) is 11.3 Å². The summed E-state index contributed by atoms with van der Waals surface area (Å²) in [4.78, 5) is 27.4. The summed E-state index contributed by atoms with van der Waals surface area (Å²) in [5.74, 6) is 0.512. The number of fused-ring (bicyclic) bond motifs is 2. The number of dihydropyridines is 1. The van der Waals surface area contributed by atoms with Crippen LogP contribution in [-0.2, 0) is 9.53 Å². The van der Waals surface area contributed by atoms with E-state index in [0.29, 0.717) is 34.5 Å². The first kappa shape index (κ1) is 24.3. The molecule has 0 radical (unpaired) electrons. The summed E-state index contributed by atoms with van der Waals surface area (Å²) in [6.07, 6.45) is 7.01. The first-order valence-corrected chi connectivity index (χ1v) is 13.2. The van der Waals surface area contributed by atoms with Gasteiger partial charge in [-0.1, -0.05) is 93.9 Å². The Morgan fingerprint density at radius 1 is 1.03 bits per heavy atom. The summed E-state index contributed by atoms with van der Waals surface area (Å²) in [5.41, 5.74) is 5.29. The molecule has 3 aliphatic rings. The zero-order valence-electron chi connectivity index (χ0n) is 21.6. The van der Waals surface area contributed by atoms with Gasteiger partial charge in [0, 0.05) is 28.3 Å². The van der Waals surface area contributed by atoms with E-state index < -0.39 is 5.92 Å². The monoisotopic (exact) mass is 481 g/mol. The number of benzene rings is 2. The van der Waals surface area contributed by atoms with Gasteiger partial charge in [-0.05, 0) is 43.1 Å². The van der Waals surface area contributed by atoms with Gasteiger partial charge in [0.25, 0.3) is 0 Å². The molecule has 2 aromatic rings. The third kappa shape index (κ3) is 4.45. The minimum absolute atomic E-state index is 0.0278. The highest BCUT2D eigenvalue weighted by Crippen LogP contribution is 2.44. The Morgan fingerprint density at radius 2 is 1.72 bits per heavy atom. The lowest BCUT2D eigenvalue weighted by molar-refractivity contribution is -0.151. The fraction of sp³-hybridized carbons (Fsp3) is 0.375. The molecular weight excluding hydrogens is 446 g/mol. The van der Waals surface area contributed by atoms with Crippen molar-refractivity contribution in [3.63, 3.8) is 0 Å². The summed E-state index contributed by atoms with van der Waals surface area (Å²) in [7, 11) is 0. The van der Waals surface area contributed by atoms with Crippen LogP contribution in [0.15, 0.2) is 77.5 Å². The van der Waals surface area contributed by atoms with Crippen LogP contribution in [0, 0.1) is 23.7 Å². The average Bonchev–Trinajstić information content (AvgIpc) is 3.14. The number of carbonyl (C=O) groups is 2. The van der Waals surface area contributed by atoms with Gasteiger partial charge in [0.1, 0.15) is 6.10 Å². The topological polar surface area (TPSA) is 55.4 Å². The predicted molar refractivity (Wildman–Crippen MR) is 144 cm³/mol. The average molecular weight is 482 g/mol. The smallest absolute Gasteiger partial charge is 0.337 e. The Labute approximate surface area is 214 Å². The first-order valence-electron chi connectivity index (χ1n) is 13.2. The van der Waals surface area contributed by atoms with Crippen LogP contribution in [0.5, 0.6) is 0 Å². The summed E-state index contributed by atoms with van der Waals surface area (Å²) >= 11 is 0. The van der Waals surface area contributed by atoms with Crippen LogP contribution in [0.1, 0.15) is 68.4 Å². The SMILES string of the molecule is CC1=C(C(=O)O[C@@H]2C[C@H](C)CC[C@@H]2C(C)C)[C@H](/C=C/c2ccccc2)C2=C(N1)c1ccccc1C2=O. The number of carbonyl (C=O) groups excluding carboxylic acids is 2. The third-order valence-corrected chi connectivity index (χ3v) is 8.01. The highest BCUT2D eigenvalue weighted by Gasteiger charge is 2.42. The lowest BCUT2D eigenvalue weighted by atomic mass is 9.75. The van der Waals surface area contributed by atoms with Gasteiger partial charge >= 0.3 is 5.97 Å². The maximum Gasteiger partial charge on any atom is 0.337 e. The molecule has 0 amide bonds. The van der Waals surface area contributed by atoms with Gasteiger partial charge in [-0.15, -0.1) is 0 Å².